The van der Waals surface area contributed by atoms with E-state index in [9.17, 15) is 0 Å². The molecule has 0 saturated carbocycles. The van der Waals surface area contributed by atoms with Crippen LogP contribution in [0, 0.1) is 0 Å². The fourth-order valence-electron chi connectivity index (χ4n) is 0.489. The molecule has 0 radical (unpaired) electrons. The molecule has 0 bridgehead atoms. The molecule has 0 amide bonds. The molecule has 0 saturated heterocycles. The second-order valence-electron chi connectivity index (χ2n) is 1.57. The quantitative estimate of drug-likeness (QED) is 0.580. The molecule has 0 atom stereocenters. The molecule has 4 heteroatoms. The number of nitrogens with zero attached hydrogens (tertiary/aromatic N) is 2. The smallest absolute Gasteiger partial charge is 0.191 e. The van der Waals surface area contributed by atoms with Crippen molar-refractivity contribution in [2.75, 3.05) is 5.73 Å². The number of anilines is 1. The summed E-state index contributed by atoms with van der Waals surface area (Å²) in [5, 5.41) is 6.69. The van der Waals surface area contributed by atoms with Crippen molar-refractivity contribution in [1.29, 1.82) is 0 Å². The van der Waals surface area contributed by atoms with Crippen molar-refractivity contribution in [3.05, 3.63) is 18.4 Å². The molecular weight excluding hydrogens is 118 g/mol. The van der Waals surface area contributed by atoms with Crippen molar-refractivity contribution in [3.63, 3.8) is 0 Å². The first-order chi connectivity index (χ1) is 4.34. The van der Waals surface area contributed by atoms with Crippen molar-refractivity contribution >= 4 is 5.82 Å². The van der Waals surface area contributed by atoms with E-state index < -0.39 is 0 Å². The molecular formula is C5H7N3O. The van der Waals surface area contributed by atoms with Crippen LogP contribution in [0.1, 0.15) is 5.76 Å². The van der Waals surface area contributed by atoms with Crippen LogP contribution in [-0.2, 0) is 6.42 Å². The predicted octanol–water partition coefficient (Wildman–Crippen LogP) is 0.380. The molecule has 1 aromatic rings. The van der Waals surface area contributed by atoms with Crippen LogP contribution in [0.5, 0.6) is 0 Å². The van der Waals surface area contributed by atoms with Crippen LogP contribution in [0.3, 0.4) is 0 Å². The summed E-state index contributed by atoms with van der Waals surface area (Å²) in [5.74, 6) is 0.917. The molecule has 4 nitrogen and oxygen atoms in total. The van der Waals surface area contributed by atoms with E-state index in [2.05, 4.69) is 21.5 Å². The Hall–Kier alpha value is -1.32. The summed E-state index contributed by atoms with van der Waals surface area (Å²) in [7, 11) is 0. The zero-order valence-corrected chi connectivity index (χ0v) is 4.87. The van der Waals surface area contributed by atoms with Crippen LogP contribution in [0.15, 0.2) is 17.2 Å². The fourth-order valence-corrected chi connectivity index (χ4v) is 0.489. The summed E-state index contributed by atoms with van der Waals surface area (Å²) < 4.78 is 4.65. The number of nitrogens with two attached hydrogens (primary N) is 1. The van der Waals surface area contributed by atoms with Crippen LogP contribution < -0.4 is 5.73 Å². The molecule has 0 unspecified atom stereocenters. The van der Waals surface area contributed by atoms with Gasteiger partial charge in [0.05, 0.1) is 0 Å². The summed E-state index contributed by atoms with van der Waals surface area (Å²) in [6.45, 7) is 3.51. The van der Waals surface area contributed by atoms with Crippen LogP contribution in [0.2, 0.25) is 0 Å². The third kappa shape index (κ3) is 1.07. The molecule has 0 aliphatic carbocycles. The van der Waals surface area contributed by atoms with Crippen molar-refractivity contribution in [2.45, 2.75) is 6.42 Å². The Kier molecular flexibility index (Phi) is 1.48. The van der Waals surface area contributed by atoms with Gasteiger partial charge in [-0.25, -0.2) is 0 Å². The largest absolute Gasteiger partial charge is 0.379 e. The van der Waals surface area contributed by atoms with Gasteiger partial charge in [-0.05, 0) is 0 Å². The van der Waals surface area contributed by atoms with Gasteiger partial charge >= 0.3 is 0 Å². The van der Waals surface area contributed by atoms with Crippen molar-refractivity contribution in [2.24, 2.45) is 0 Å². The highest BCUT2D eigenvalue weighted by Gasteiger charge is 2.01. The van der Waals surface area contributed by atoms with E-state index in [1.807, 2.05) is 0 Å². The Morgan fingerprint density at radius 1 is 1.78 bits per heavy atom. The second-order valence-corrected chi connectivity index (χ2v) is 1.57. The predicted molar refractivity (Wildman–Crippen MR) is 32.6 cm³/mol. The Bertz CT molecular complexity index is 206. The van der Waals surface area contributed by atoms with E-state index in [1.165, 1.54) is 0 Å². The first kappa shape index (κ1) is 5.81. The third-order valence-corrected chi connectivity index (χ3v) is 0.915. The molecule has 0 aliphatic rings. The summed E-state index contributed by atoms with van der Waals surface area (Å²) in [6, 6.07) is 0. The Morgan fingerprint density at radius 3 is 3.00 bits per heavy atom. The average molecular weight is 125 g/mol. The van der Waals surface area contributed by atoms with Gasteiger partial charge in [-0.3, -0.25) is 0 Å². The number of hydrogen-bond acceptors (Lipinski definition) is 4. The highest BCUT2D eigenvalue weighted by atomic mass is 16.5. The van der Waals surface area contributed by atoms with Crippen LogP contribution in [-0.4, -0.2) is 10.4 Å². The number of hydrogen-bond donors (Lipinski definition) is 1. The zero-order chi connectivity index (χ0) is 6.69. The van der Waals surface area contributed by atoms with E-state index in [1.54, 1.807) is 6.08 Å². The van der Waals surface area contributed by atoms with Crippen LogP contribution >= 0.6 is 0 Å². The van der Waals surface area contributed by atoms with Gasteiger partial charge in [0.2, 0.25) is 0 Å². The molecule has 0 spiro atoms. The van der Waals surface area contributed by atoms with Crippen LogP contribution in [0.25, 0.3) is 0 Å². The Balaban J connectivity index is 2.80. The highest BCUT2D eigenvalue weighted by molar-refractivity contribution is 5.30. The molecule has 9 heavy (non-hydrogen) atoms. The normalized spacial score (nSPS) is 9.33. The molecule has 1 aromatic heterocycles. The first-order valence-corrected chi connectivity index (χ1v) is 2.52. The number of rotatable bonds is 2. The minimum Gasteiger partial charge on any atom is -0.379 e. The van der Waals surface area contributed by atoms with E-state index in [-0.39, 0.29) is 0 Å². The monoisotopic (exact) mass is 125 g/mol. The molecule has 48 valence electrons. The van der Waals surface area contributed by atoms with Gasteiger partial charge in [-0.1, -0.05) is 11.2 Å². The molecule has 0 fully saturated rings. The average Bonchev–Trinajstić information content (AvgIpc) is 2.18. The first-order valence-electron chi connectivity index (χ1n) is 2.52. The minimum absolute atomic E-state index is 0.343. The van der Waals surface area contributed by atoms with Crippen molar-refractivity contribution in [3.8, 4) is 0 Å². The summed E-state index contributed by atoms with van der Waals surface area (Å²) in [5.41, 5.74) is 5.31. The Morgan fingerprint density at radius 2 is 2.56 bits per heavy atom. The summed E-state index contributed by atoms with van der Waals surface area (Å²) >= 11 is 0. The molecule has 0 aromatic carbocycles. The SMILES string of the molecule is C=CCc1onnc1N. The number of allylic oxidation sites excluding steroid dienone is 1. The topological polar surface area (TPSA) is 64.9 Å². The maximum atomic E-state index is 5.31. The van der Waals surface area contributed by atoms with Crippen molar-refractivity contribution in [1.82, 2.24) is 10.4 Å². The van der Waals surface area contributed by atoms with Gasteiger partial charge in [0.25, 0.3) is 0 Å². The van der Waals surface area contributed by atoms with E-state index in [4.69, 9.17) is 5.73 Å². The highest BCUT2D eigenvalue weighted by Crippen LogP contribution is 2.05. The zero-order valence-electron chi connectivity index (χ0n) is 4.87. The van der Waals surface area contributed by atoms with Gasteiger partial charge < -0.3 is 10.3 Å². The third-order valence-electron chi connectivity index (χ3n) is 0.915. The second kappa shape index (κ2) is 2.30. The minimum atomic E-state index is 0.343. The molecule has 1 heterocycles. The van der Waals surface area contributed by atoms with Gasteiger partial charge in [0.1, 0.15) is 0 Å². The molecule has 2 N–H and O–H groups in total. The molecule has 1 rings (SSSR count). The van der Waals surface area contributed by atoms with Gasteiger partial charge in [0, 0.05) is 11.7 Å². The Labute approximate surface area is 52.3 Å². The summed E-state index contributed by atoms with van der Waals surface area (Å²) in [4.78, 5) is 0. The van der Waals surface area contributed by atoms with E-state index in [0.717, 1.165) is 0 Å². The van der Waals surface area contributed by atoms with Gasteiger partial charge in [-0.15, -0.1) is 6.58 Å². The van der Waals surface area contributed by atoms with Gasteiger partial charge in [0.15, 0.2) is 11.6 Å². The van der Waals surface area contributed by atoms with Crippen molar-refractivity contribution < 1.29 is 4.52 Å². The number of aromatic nitrogens is 2. The lowest BCUT2D eigenvalue weighted by Gasteiger charge is -1.83. The standard InChI is InChI=1S/C5H7N3O/c1-2-3-4-5(6)7-8-9-4/h2H,1,3,6H2. The van der Waals surface area contributed by atoms with Crippen LogP contribution in [0.4, 0.5) is 5.82 Å². The summed E-state index contributed by atoms with van der Waals surface area (Å²) in [6.07, 6.45) is 2.26. The van der Waals surface area contributed by atoms with E-state index >= 15 is 0 Å². The molecule has 0 aliphatic heterocycles. The fraction of sp³-hybridized carbons (Fsp3) is 0.200. The van der Waals surface area contributed by atoms with Gasteiger partial charge in [-0.2, -0.15) is 0 Å². The number of nitrogen functional groups attached to an aromatic ring is 1. The maximum Gasteiger partial charge on any atom is 0.191 e. The lowest BCUT2D eigenvalue weighted by atomic mass is 10.3. The van der Waals surface area contributed by atoms with E-state index in [0.29, 0.717) is 18.0 Å². The maximum absolute atomic E-state index is 5.31. The lowest BCUT2D eigenvalue weighted by molar-refractivity contribution is 0.368. The lowest BCUT2D eigenvalue weighted by Crippen LogP contribution is -1.88.